The lowest BCUT2D eigenvalue weighted by Gasteiger charge is -2.36. The molecule has 2 aromatic rings. The van der Waals surface area contributed by atoms with Crippen LogP contribution >= 0.6 is 0 Å². The minimum absolute atomic E-state index is 0.0130. The van der Waals surface area contributed by atoms with Gasteiger partial charge in [0.05, 0.1) is 11.5 Å². The average Bonchev–Trinajstić information content (AvgIpc) is 3.43. The number of hydrogen-bond acceptors (Lipinski definition) is 5. The topological polar surface area (TPSA) is 76.1 Å². The maximum atomic E-state index is 13.5. The molecule has 0 saturated carbocycles. The second-order valence-electron chi connectivity index (χ2n) is 9.03. The molecule has 1 unspecified atom stereocenters. The molecule has 158 valence electrons. The lowest BCUT2D eigenvalue weighted by atomic mass is 10.0. The van der Waals surface area contributed by atoms with Gasteiger partial charge in [-0.3, -0.25) is 0 Å². The molecule has 0 spiro atoms. The Morgan fingerprint density at radius 3 is 2.10 bits per heavy atom. The smallest absolute Gasteiger partial charge is 0.232 e. The Balaban J connectivity index is 1.95. The van der Waals surface area contributed by atoms with E-state index in [0.717, 1.165) is 0 Å². The van der Waals surface area contributed by atoms with Gasteiger partial charge in [0.15, 0.2) is 8.32 Å². The van der Waals surface area contributed by atoms with E-state index in [0.29, 0.717) is 5.56 Å². The number of sulfone groups is 1. The summed E-state index contributed by atoms with van der Waals surface area (Å²) < 4.78 is 39.1. The van der Waals surface area contributed by atoms with Crippen LogP contribution in [0.5, 0.6) is 0 Å². The first-order chi connectivity index (χ1) is 13.4. The van der Waals surface area contributed by atoms with E-state index in [2.05, 4.69) is 33.9 Å². The summed E-state index contributed by atoms with van der Waals surface area (Å²) in [6.07, 6.45) is -2.06. The predicted molar refractivity (Wildman–Crippen MR) is 116 cm³/mol. The Hall–Kier alpha value is -1.51. The first-order valence-corrected chi connectivity index (χ1v) is 14.2. The molecule has 0 aliphatic carbocycles. The van der Waals surface area contributed by atoms with E-state index < -0.39 is 35.3 Å². The molecule has 7 heteroatoms. The molecule has 0 bridgehead atoms. The number of ether oxygens (including phenoxy) is 1. The van der Waals surface area contributed by atoms with E-state index in [1.165, 1.54) is 12.1 Å². The second-order valence-corrected chi connectivity index (χ2v) is 16.0. The molecule has 1 aliphatic heterocycles. The van der Waals surface area contributed by atoms with Crippen LogP contribution in [0, 0.1) is 0 Å². The van der Waals surface area contributed by atoms with Gasteiger partial charge in [-0.2, -0.15) is 0 Å². The summed E-state index contributed by atoms with van der Waals surface area (Å²) in [6, 6.07) is 16.9. The van der Waals surface area contributed by atoms with Gasteiger partial charge in [-0.25, -0.2) is 8.42 Å². The van der Waals surface area contributed by atoms with Crippen molar-refractivity contribution < 1.29 is 22.7 Å². The Labute approximate surface area is 174 Å². The highest BCUT2D eigenvalue weighted by atomic mass is 32.2. The monoisotopic (exact) mass is 434 g/mol. The Morgan fingerprint density at radius 2 is 1.59 bits per heavy atom. The fourth-order valence-electron chi connectivity index (χ4n) is 3.11. The minimum atomic E-state index is -3.96. The summed E-state index contributed by atoms with van der Waals surface area (Å²) in [4.78, 5) is -1.62. The van der Waals surface area contributed by atoms with Gasteiger partial charge in [0.2, 0.25) is 14.8 Å². The van der Waals surface area contributed by atoms with Crippen molar-refractivity contribution in [2.24, 2.45) is 0 Å². The third kappa shape index (κ3) is 3.94. The van der Waals surface area contributed by atoms with E-state index >= 15 is 0 Å². The van der Waals surface area contributed by atoms with Crippen LogP contribution in [0.2, 0.25) is 18.1 Å². The third-order valence-corrected chi connectivity index (χ3v) is 12.9. The molecule has 1 fully saturated rings. The van der Waals surface area contributed by atoms with Gasteiger partial charge in [-0.1, -0.05) is 69.3 Å². The number of hydrogen-bond donors (Lipinski definition) is 1. The van der Waals surface area contributed by atoms with Gasteiger partial charge in [-0.05, 0) is 35.8 Å². The number of aliphatic hydroxyl groups excluding tert-OH is 1. The molecule has 29 heavy (non-hydrogen) atoms. The van der Waals surface area contributed by atoms with E-state index in [1.54, 1.807) is 42.5 Å². The number of aliphatic hydroxyl groups is 1. The van der Waals surface area contributed by atoms with Crippen LogP contribution < -0.4 is 0 Å². The van der Waals surface area contributed by atoms with Crippen LogP contribution in [-0.2, 0) is 19.0 Å². The van der Waals surface area contributed by atoms with E-state index in [4.69, 9.17) is 9.16 Å². The minimum Gasteiger partial charge on any atom is -0.414 e. The summed E-state index contributed by atoms with van der Waals surface area (Å²) in [5, 5.41) is 11.1. The lowest BCUT2D eigenvalue weighted by molar-refractivity contribution is 0.116. The Kier molecular flexibility index (Phi) is 5.84. The molecule has 0 aromatic heterocycles. The molecule has 1 aliphatic rings. The van der Waals surface area contributed by atoms with Gasteiger partial charge in [-0.15, -0.1) is 0 Å². The van der Waals surface area contributed by atoms with Crippen molar-refractivity contribution in [1.29, 1.82) is 0 Å². The molecule has 1 N–H and O–H groups in total. The summed E-state index contributed by atoms with van der Waals surface area (Å²) in [5.74, 6) is 0. The van der Waals surface area contributed by atoms with Gasteiger partial charge in [0, 0.05) is 0 Å². The zero-order valence-corrected chi connectivity index (χ0v) is 19.4. The van der Waals surface area contributed by atoms with Crippen molar-refractivity contribution in [1.82, 2.24) is 0 Å². The van der Waals surface area contributed by atoms with E-state index in [9.17, 15) is 13.5 Å². The molecule has 0 radical (unpaired) electrons. The van der Waals surface area contributed by atoms with Crippen LogP contribution in [-0.4, -0.2) is 39.5 Å². The first kappa shape index (κ1) is 22.2. The molecular weight excluding hydrogens is 404 g/mol. The second kappa shape index (κ2) is 7.63. The van der Waals surface area contributed by atoms with Crippen molar-refractivity contribution in [2.45, 2.75) is 60.9 Å². The zero-order chi connectivity index (χ0) is 21.5. The molecule has 3 rings (SSSR count). The normalized spacial score (nSPS) is 23.6. The average molecular weight is 435 g/mol. The summed E-state index contributed by atoms with van der Waals surface area (Å²) in [5.41, 5.74) is 0.502. The summed E-state index contributed by atoms with van der Waals surface area (Å²) in [6.45, 7) is 10.7. The maximum absolute atomic E-state index is 13.5. The zero-order valence-electron chi connectivity index (χ0n) is 17.6. The first-order valence-electron chi connectivity index (χ1n) is 9.78. The molecule has 5 nitrogen and oxygen atoms in total. The lowest BCUT2D eigenvalue weighted by Crippen LogP contribution is -2.43. The predicted octanol–water partition coefficient (Wildman–Crippen LogP) is 4.31. The molecule has 2 aromatic carbocycles. The molecule has 1 heterocycles. The van der Waals surface area contributed by atoms with Gasteiger partial charge in [0.25, 0.3) is 0 Å². The van der Waals surface area contributed by atoms with E-state index in [1.807, 2.05) is 6.07 Å². The van der Waals surface area contributed by atoms with Crippen molar-refractivity contribution in [3.8, 4) is 0 Å². The van der Waals surface area contributed by atoms with Gasteiger partial charge in [0.1, 0.15) is 12.2 Å². The summed E-state index contributed by atoms with van der Waals surface area (Å²) >= 11 is 0. The standard InChI is InChI=1S/C22H30O5SSi/c1-21(2,3)29(4,5)26-16-19-22(27-19,20(23)17-12-8-6-9-13-17)28(24,25)18-14-10-7-11-15-18/h6-15,19-20,23H,16H2,1-5H3/t19-,20?,22+/m1/s1. The number of epoxide rings is 1. The van der Waals surface area contributed by atoms with Crippen LogP contribution in [0.4, 0.5) is 0 Å². The highest BCUT2D eigenvalue weighted by molar-refractivity contribution is 7.93. The SMILES string of the molecule is CC(C)(C)[Si](C)(C)OC[C@H]1O[C@]1(C(O)c1ccccc1)S(=O)(=O)c1ccccc1. The van der Waals surface area contributed by atoms with Crippen LogP contribution in [0.3, 0.4) is 0 Å². The quantitative estimate of drug-likeness (QED) is 0.519. The van der Waals surface area contributed by atoms with Crippen molar-refractivity contribution >= 4 is 18.2 Å². The largest absolute Gasteiger partial charge is 0.414 e. The van der Waals surface area contributed by atoms with Crippen molar-refractivity contribution in [3.63, 3.8) is 0 Å². The Morgan fingerprint density at radius 1 is 1.07 bits per heavy atom. The Bertz CT molecular complexity index is 938. The highest BCUT2D eigenvalue weighted by Gasteiger charge is 2.71. The third-order valence-electron chi connectivity index (χ3n) is 6.09. The van der Waals surface area contributed by atoms with Gasteiger partial charge >= 0.3 is 0 Å². The van der Waals surface area contributed by atoms with Crippen molar-refractivity contribution in [2.75, 3.05) is 6.61 Å². The summed E-state index contributed by atoms with van der Waals surface area (Å²) in [7, 11) is -6.06. The maximum Gasteiger partial charge on any atom is 0.232 e. The molecule has 1 saturated heterocycles. The van der Waals surface area contributed by atoms with Gasteiger partial charge < -0.3 is 14.3 Å². The molecule has 3 atom stereocenters. The van der Waals surface area contributed by atoms with Crippen LogP contribution in [0.15, 0.2) is 65.6 Å². The van der Waals surface area contributed by atoms with Crippen LogP contribution in [0.25, 0.3) is 0 Å². The molecular formula is C22H30O5SSi. The van der Waals surface area contributed by atoms with Crippen molar-refractivity contribution in [3.05, 3.63) is 66.2 Å². The van der Waals surface area contributed by atoms with E-state index in [-0.39, 0.29) is 16.5 Å². The molecule has 0 amide bonds. The fourth-order valence-corrected chi connectivity index (χ4v) is 6.09. The highest BCUT2D eigenvalue weighted by Crippen LogP contribution is 2.53. The number of rotatable bonds is 7. The van der Waals surface area contributed by atoms with Crippen LogP contribution in [0.1, 0.15) is 32.4 Å². The number of benzene rings is 2. The fraction of sp³-hybridized carbons (Fsp3) is 0.455.